The summed E-state index contributed by atoms with van der Waals surface area (Å²) in [6.45, 7) is 0. The van der Waals surface area contributed by atoms with Crippen molar-refractivity contribution < 1.29 is 9.13 Å². The van der Waals surface area contributed by atoms with Gasteiger partial charge in [-0.15, -0.1) is 0 Å². The van der Waals surface area contributed by atoms with Gasteiger partial charge in [-0.2, -0.15) is 0 Å². The maximum absolute atomic E-state index is 13.3. The molecular formula is C14H12BrFN2O. The fraction of sp³-hybridized carbons (Fsp3) is 0.214. The Morgan fingerprint density at radius 1 is 1.32 bits per heavy atom. The van der Waals surface area contributed by atoms with Crippen LogP contribution in [0.15, 0.2) is 41.1 Å². The number of benzene rings is 1. The SMILES string of the molecule is N[C@@H]1CC(c2cncc(Br)c2)Oc2cc(F)ccc21. The van der Waals surface area contributed by atoms with E-state index >= 15 is 0 Å². The summed E-state index contributed by atoms with van der Waals surface area (Å²) in [6.07, 6.45) is 3.90. The molecule has 1 unspecified atom stereocenters. The van der Waals surface area contributed by atoms with Crippen LogP contribution in [-0.2, 0) is 0 Å². The van der Waals surface area contributed by atoms with Gasteiger partial charge >= 0.3 is 0 Å². The first-order valence-electron chi connectivity index (χ1n) is 5.95. The zero-order chi connectivity index (χ0) is 13.4. The van der Waals surface area contributed by atoms with Gasteiger partial charge in [-0.05, 0) is 28.1 Å². The Labute approximate surface area is 118 Å². The predicted molar refractivity (Wildman–Crippen MR) is 73.3 cm³/mol. The van der Waals surface area contributed by atoms with E-state index in [0.29, 0.717) is 12.2 Å². The summed E-state index contributed by atoms with van der Waals surface area (Å²) < 4.78 is 20.0. The molecule has 0 spiro atoms. The molecule has 0 amide bonds. The highest BCUT2D eigenvalue weighted by Gasteiger charge is 2.27. The second-order valence-electron chi connectivity index (χ2n) is 4.57. The molecular weight excluding hydrogens is 311 g/mol. The van der Waals surface area contributed by atoms with Gasteiger partial charge < -0.3 is 10.5 Å². The second kappa shape index (κ2) is 4.90. The maximum Gasteiger partial charge on any atom is 0.127 e. The largest absolute Gasteiger partial charge is 0.485 e. The number of hydrogen-bond acceptors (Lipinski definition) is 3. The molecule has 2 atom stereocenters. The van der Waals surface area contributed by atoms with Crippen molar-refractivity contribution in [2.24, 2.45) is 5.73 Å². The van der Waals surface area contributed by atoms with Crippen LogP contribution in [0.2, 0.25) is 0 Å². The van der Waals surface area contributed by atoms with E-state index in [0.717, 1.165) is 15.6 Å². The molecule has 0 radical (unpaired) electrons. The molecule has 0 fully saturated rings. The van der Waals surface area contributed by atoms with E-state index < -0.39 is 0 Å². The Kier molecular flexibility index (Phi) is 3.24. The summed E-state index contributed by atoms with van der Waals surface area (Å²) in [5.74, 6) is 0.197. The van der Waals surface area contributed by atoms with Gasteiger partial charge in [0.1, 0.15) is 17.7 Å². The minimum Gasteiger partial charge on any atom is -0.485 e. The van der Waals surface area contributed by atoms with E-state index in [2.05, 4.69) is 20.9 Å². The molecule has 2 heterocycles. The highest BCUT2D eigenvalue weighted by Crippen LogP contribution is 2.40. The van der Waals surface area contributed by atoms with Crippen LogP contribution in [0.3, 0.4) is 0 Å². The molecule has 1 aromatic heterocycles. The molecule has 5 heteroatoms. The third kappa shape index (κ3) is 2.48. The van der Waals surface area contributed by atoms with Crippen molar-refractivity contribution in [1.29, 1.82) is 0 Å². The zero-order valence-corrected chi connectivity index (χ0v) is 11.6. The van der Waals surface area contributed by atoms with Crippen molar-refractivity contribution in [3.05, 3.63) is 58.1 Å². The number of nitrogens with zero attached hydrogens (tertiary/aromatic N) is 1. The molecule has 0 aliphatic carbocycles. The number of nitrogens with two attached hydrogens (primary N) is 1. The first-order valence-corrected chi connectivity index (χ1v) is 6.75. The van der Waals surface area contributed by atoms with Gasteiger partial charge in [-0.1, -0.05) is 6.07 Å². The summed E-state index contributed by atoms with van der Waals surface area (Å²) in [5.41, 5.74) is 7.91. The van der Waals surface area contributed by atoms with E-state index in [4.69, 9.17) is 10.5 Å². The normalized spacial score (nSPS) is 21.6. The molecule has 2 aromatic rings. The van der Waals surface area contributed by atoms with Gasteiger partial charge in [0.25, 0.3) is 0 Å². The van der Waals surface area contributed by atoms with Crippen molar-refractivity contribution in [1.82, 2.24) is 4.98 Å². The number of halogens is 2. The molecule has 1 aliphatic heterocycles. The molecule has 0 saturated carbocycles. The molecule has 3 rings (SSSR count). The third-order valence-corrected chi connectivity index (χ3v) is 3.64. The van der Waals surface area contributed by atoms with E-state index in [1.165, 1.54) is 12.1 Å². The lowest BCUT2D eigenvalue weighted by molar-refractivity contribution is 0.160. The van der Waals surface area contributed by atoms with Crippen molar-refractivity contribution >= 4 is 15.9 Å². The van der Waals surface area contributed by atoms with Gasteiger partial charge in [-0.3, -0.25) is 4.98 Å². The summed E-state index contributed by atoms with van der Waals surface area (Å²) in [4.78, 5) is 4.12. The average Bonchev–Trinajstić information content (AvgIpc) is 2.38. The lowest BCUT2D eigenvalue weighted by atomic mass is 9.94. The molecule has 1 aromatic carbocycles. The lowest BCUT2D eigenvalue weighted by Gasteiger charge is -2.30. The van der Waals surface area contributed by atoms with Crippen LogP contribution >= 0.6 is 15.9 Å². The van der Waals surface area contributed by atoms with Crippen LogP contribution in [0.25, 0.3) is 0 Å². The monoisotopic (exact) mass is 322 g/mol. The van der Waals surface area contributed by atoms with Crippen LogP contribution in [0, 0.1) is 5.82 Å². The standard InChI is InChI=1S/C14H12BrFN2O/c15-9-3-8(6-18-7-9)13-5-12(17)11-2-1-10(16)4-14(11)19-13/h1-4,6-7,12-13H,5,17H2/t12-,13?/m1/s1. The number of pyridine rings is 1. The van der Waals surface area contributed by atoms with E-state index in [1.807, 2.05) is 6.07 Å². The minimum absolute atomic E-state index is 0.159. The Balaban J connectivity index is 1.96. The number of ether oxygens (including phenoxy) is 1. The fourth-order valence-corrected chi connectivity index (χ4v) is 2.67. The van der Waals surface area contributed by atoms with Gasteiger partial charge in [0, 0.05) is 46.5 Å². The Hall–Kier alpha value is -1.46. The first-order chi connectivity index (χ1) is 9.13. The van der Waals surface area contributed by atoms with Crippen LogP contribution in [-0.4, -0.2) is 4.98 Å². The highest BCUT2D eigenvalue weighted by molar-refractivity contribution is 9.10. The Bertz CT molecular complexity index is 620. The third-order valence-electron chi connectivity index (χ3n) is 3.21. The highest BCUT2D eigenvalue weighted by atomic mass is 79.9. The topological polar surface area (TPSA) is 48.1 Å². The number of aromatic nitrogens is 1. The summed E-state index contributed by atoms with van der Waals surface area (Å²) in [7, 11) is 0. The summed E-state index contributed by atoms with van der Waals surface area (Å²) in [5, 5.41) is 0. The molecule has 1 aliphatic rings. The van der Waals surface area contributed by atoms with E-state index in [1.54, 1.807) is 18.5 Å². The second-order valence-corrected chi connectivity index (χ2v) is 5.48. The lowest BCUT2D eigenvalue weighted by Crippen LogP contribution is -2.24. The summed E-state index contributed by atoms with van der Waals surface area (Å²) >= 11 is 3.38. The molecule has 3 nitrogen and oxygen atoms in total. The fourth-order valence-electron chi connectivity index (χ4n) is 2.28. The van der Waals surface area contributed by atoms with Crippen LogP contribution < -0.4 is 10.5 Å². The van der Waals surface area contributed by atoms with Gasteiger partial charge in [-0.25, -0.2) is 4.39 Å². The Morgan fingerprint density at radius 2 is 2.16 bits per heavy atom. The van der Waals surface area contributed by atoms with E-state index in [9.17, 15) is 4.39 Å². The predicted octanol–water partition coefficient (Wildman–Crippen LogP) is 3.51. The number of rotatable bonds is 1. The van der Waals surface area contributed by atoms with Crippen molar-refractivity contribution in [3.63, 3.8) is 0 Å². The molecule has 98 valence electrons. The van der Waals surface area contributed by atoms with Crippen LogP contribution in [0.1, 0.15) is 29.7 Å². The first kappa shape index (κ1) is 12.6. The average molecular weight is 323 g/mol. The molecule has 2 N–H and O–H groups in total. The quantitative estimate of drug-likeness (QED) is 0.874. The smallest absolute Gasteiger partial charge is 0.127 e. The van der Waals surface area contributed by atoms with Gasteiger partial charge in [0.15, 0.2) is 0 Å². The van der Waals surface area contributed by atoms with Gasteiger partial charge in [0.05, 0.1) is 0 Å². The molecule has 0 bridgehead atoms. The summed E-state index contributed by atoms with van der Waals surface area (Å²) in [6, 6.07) is 6.25. The van der Waals surface area contributed by atoms with Crippen molar-refractivity contribution in [2.75, 3.05) is 0 Å². The number of hydrogen-bond donors (Lipinski definition) is 1. The maximum atomic E-state index is 13.3. The Morgan fingerprint density at radius 3 is 2.95 bits per heavy atom. The zero-order valence-electron chi connectivity index (χ0n) is 10.0. The van der Waals surface area contributed by atoms with Gasteiger partial charge in [0.2, 0.25) is 0 Å². The van der Waals surface area contributed by atoms with Crippen molar-refractivity contribution in [3.8, 4) is 5.75 Å². The minimum atomic E-state index is -0.320. The van der Waals surface area contributed by atoms with Crippen LogP contribution in [0.4, 0.5) is 4.39 Å². The number of fused-ring (bicyclic) bond motifs is 1. The van der Waals surface area contributed by atoms with Crippen molar-refractivity contribution in [2.45, 2.75) is 18.6 Å². The van der Waals surface area contributed by atoms with E-state index in [-0.39, 0.29) is 18.0 Å². The van der Waals surface area contributed by atoms with Crippen LogP contribution in [0.5, 0.6) is 5.75 Å². The molecule has 0 saturated heterocycles. The molecule has 19 heavy (non-hydrogen) atoms.